The minimum Gasteiger partial charge on any atom is -0.356 e. The van der Waals surface area contributed by atoms with E-state index in [1.165, 1.54) is 38.8 Å². The van der Waals surface area contributed by atoms with E-state index < -0.39 is 0 Å². The fourth-order valence-corrected chi connectivity index (χ4v) is 3.25. The number of nitrogens with two attached hydrogens (primary N) is 1. The van der Waals surface area contributed by atoms with Gasteiger partial charge in [0.25, 0.3) is 0 Å². The van der Waals surface area contributed by atoms with Crippen molar-refractivity contribution in [3.63, 3.8) is 0 Å². The van der Waals surface area contributed by atoms with E-state index in [1.807, 2.05) is 0 Å². The Kier molecular flexibility index (Phi) is 5.64. The largest absolute Gasteiger partial charge is 0.356 e. The van der Waals surface area contributed by atoms with Crippen molar-refractivity contribution in [2.75, 3.05) is 32.7 Å². The zero-order valence-corrected chi connectivity index (χ0v) is 12.1. The molecule has 1 aliphatic carbocycles. The number of likely N-dealkylation sites (tertiary alicyclic amines) is 1. The van der Waals surface area contributed by atoms with Gasteiger partial charge in [0.2, 0.25) is 5.91 Å². The molecule has 0 radical (unpaired) electrons. The zero-order chi connectivity index (χ0) is 13.6. The molecule has 0 aromatic rings. The van der Waals surface area contributed by atoms with Crippen LogP contribution >= 0.6 is 0 Å². The summed E-state index contributed by atoms with van der Waals surface area (Å²) in [6.07, 6.45) is 9.26. The number of carbonyl (C=O) groups is 1. The van der Waals surface area contributed by atoms with Crippen molar-refractivity contribution in [2.45, 2.75) is 51.4 Å². The molecule has 0 bridgehead atoms. The summed E-state index contributed by atoms with van der Waals surface area (Å²) in [5.74, 6) is 0.198. The first-order chi connectivity index (χ1) is 9.24. The lowest BCUT2D eigenvalue weighted by atomic mass is 9.66. The first kappa shape index (κ1) is 14.8. The molecule has 0 atom stereocenters. The van der Waals surface area contributed by atoms with Crippen molar-refractivity contribution in [2.24, 2.45) is 11.1 Å². The van der Waals surface area contributed by atoms with Crippen molar-refractivity contribution in [1.82, 2.24) is 10.2 Å². The number of amides is 1. The maximum absolute atomic E-state index is 11.9. The number of hydrogen-bond acceptors (Lipinski definition) is 3. The minimum absolute atomic E-state index is 0.136. The first-order valence-electron chi connectivity index (χ1n) is 7.93. The number of hydrogen-bond donors (Lipinski definition) is 2. The fourth-order valence-electron chi connectivity index (χ4n) is 3.25. The Morgan fingerprint density at radius 2 is 1.89 bits per heavy atom. The van der Waals surface area contributed by atoms with E-state index in [2.05, 4.69) is 10.2 Å². The van der Waals surface area contributed by atoms with Crippen molar-refractivity contribution in [3.05, 3.63) is 0 Å². The minimum atomic E-state index is 0.136. The lowest BCUT2D eigenvalue weighted by molar-refractivity contribution is -0.124. The van der Waals surface area contributed by atoms with Crippen LogP contribution in [0.25, 0.3) is 0 Å². The van der Waals surface area contributed by atoms with E-state index in [0.717, 1.165) is 32.4 Å². The topological polar surface area (TPSA) is 58.4 Å². The molecule has 1 heterocycles. The summed E-state index contributed by atoms with van der Waals surface area (Å²) in [6.45, 7) is 5.08. The lowest BCUT2D eigenvalue weighted by Crippen LogP contribution is -2.42. The van der Waals surface area contributed by atoms with Crippen molar-refractivity contribution >= 4 is 5.91 Å². The van der Waals surface area contributed by atoms with Crippen molar-refractivity contribution in [1.29, 1.82) is 0 Å². The molecule has 0 unspecified atom stereocenters. The number of piperidine rings is 1. The van der Waals surface area contributed by atoms with Crippen molar-refractivity contribution < 1.29 is 4.79 Å². The summed E-state index contributed by atoms with van der Waals surface area (Å²) in [6, 6.07) is 0. The highest BCUT2D eigenvalue weighted by molar-refractivity contribution is 5.76. The van der Waals surface area contributed by atoms with E-state index in [-0.39, 0.29) is 11.3 Å². The predicted molar refractivity (Wildman–Crippen MR) is 77.9 cm³/mol. The highest BCUT2D eigenvalue weighted by Crippen LogP contribution is 2.42. The van der Waals surface area contributed by atoms with E-state index >= 15 is 0 Å². The summed E-state index contributed by atoms with van der Waals surface area (Å²) in [4.78, 5) is 14.4. The second-order valence-corrected chi connectivity index (χ2v) is 6.34. The van der Waals surface area contributed by atoms with Gasteiger partial charge in [-0.25, -0.2) is 0 Å². The van der Waals surface area contributed by atoms with Crippen LogP contribution in [0.15, 0.2) is 0 Å². The first-order valence-corrected chi connectivity index (χ1v) is 7.93. The van der Waals surface area contributed by atoms with Crippen LogP contribution in [0.3, 0.4) is 0 Å². The molecule has 2 aliphatic rings. The molecule has 1 aliphatic heterocycles. The SMILES string of the molecule is NCC1(CC(=O)NCCCN2CCCCC2)CCC1. The molecule has 1 amide bonds. The molecule has 3 N–H and O–H groups in total. The van der Waals surface area contributed by atoms with Crippen LogP contribution in [0.2, 0.25) is 0 Å². The molecule has 1 saturated carbocycles. The fraction of sp³-hybridized carbons (Fsp3) is 0.933. The second kappa shape index (κ2) is 7.25. The summed E-state index contributed by atoms with van der Waals surface area (Å²) in [7, 11) is 0. The Morgan fingerprint density at radius 1 is 1.16 bits per heavy atom. The number of carbonyl (C=O) groups excluding carboxylic acids is 1. The van der Waals surface area contributed by atoms with Gasteiger partial charge in [-0.15, -0.1) is 0 Å². The molecule has 4 nitrogen and oxygen atoms in total. The average Bonchev–Trinajstić information content (AvgIpc) is 2.40. The summed E-state index contributed by atoms with van der Waals surface area (Å²) >= 11 is 0. The van der Waals surface area contributed by atoms with Crippen LogP contribution in [-0.4, -0.2) is 43.5 Å². The molecular weight excluding hydrogens is 238 g/mol. The molecular formula is C15H29N3O. The number of rotatable bonds is 7. The molecule has 0 aromatic heterocycles. The van der Waals surface area contributed by atoms with Gasteiger partial charge in [-0.2, -0.15) is 0 Å². The summed E-state index contributed by atoms with van der Waals surface area (Å²) in [5, 5.41) is 3.06. The van der Waals surface area contributed by atoms with Crippen LogP contribution in [-0.2, 0) is 4.79 Å². The van der Waals surface area contributed by atoms with Gasteiger partial charge in [-0.1, -0.05) is 12.8 Å². The highest BCUT2D eigenvalue weighted by Gasteiger charge is 2.37. The van der Waals surface area contributed by atoms with E-state index in [1.54, 1.807) is 0 Å². The molecule has 2 rings (SSSR count). The molecule has 0 spiro atoms. The van der Waals surface area contributed by atoms with Crippen LogP contribution < -0.4 is 11.1 Å². The Labute approximate surface area is 117 Å². The van der Waals surface area contributed by atoms with Gasteiger partial charge in [0, 0.05) is 13.0 Å². The van der Waals surface area contributed by atoms with Crippen LogP contribution in [0.5, 0.6) is 0 Å². The van der Waals surface area contributed by atoms with Gasteiger partial charge in [-0.05, 0) is 63.7 Å². The Morgan fingerprint density at radius 3 is 2.47 bits per heavy atom. The normalized spacial score (nSPS) is 22.8. The summed E-state index contributed by atoms with van der Waals surface area (Å²) < 4.78 is 0. The van der Waals surface area contributed by atoms with Gasteiger partial charge >= 0.3 is 0 Å². The second-order valence-electron chi connectivity index (χ2n) is 6.34. The highest BCUT2D eigenvalue weighted by atomic mass is 16.1. The molecule has 4 heteroatoms. The van der Waals surface area contributed by atoms with Gasteiger partial charge < -0.3 is 16.0 Å². The number of nitrogens with zero attached hydrogens (tertiary/aromatic N) is 1. The van der Waals surface area contributed by atoms with E-state index in [4.69, 9.17) is 5.73 Å². The van der Waals surface area contributed by atoms with Gasteiger partial charge in [-0.3, -0.25) is 4.79 Å². The average molecular weight is 267 g/mol. The molecule has 0 aromatic carbocycles. The third-order valence-corrected chi connectivity index (χ3v) is 4.80. The molecule has 1 saturated heterocycles. The molecule has 19 heavy (non-hydrogen) atoms. The maximum Gasteiger partial charge on any atom is 0.220 e. The molecule has 2 fully saturated rings. The van der Waals surface area contributed by atoms with Crippen LogP contribution in [0.1, 0.15) is 51.4 Å². The smallest absolute Gasteiger partial charge is 0.220 e. The third kappa shape index (κ3) is 4.46. The predicted octanol–water partition coefficient (Wildman–Crippen LogP) is 1.50. The van der Waals surface area contributed by atoms with Gasteiger partial charge in [0.1, 0.15) is 0 Å². The lowest BCUT2D eigenvalue weighted by Gasteiger charge is -2.40. The Balaban J connectivity index is 1.53. The van der Waals surface area contributed by atoms with Crippen LogP contribution in [0, 0.1) is 5.41 Å². The van der Waals surface area contributed by atoms with Gasteiger partial charge in [0.15, 0.2) is 0 Å². The zero-order valence-electron chi connectivity index (χ0n) is 12.1. The third-order valence-electron chi connectivity index (χ3n) is 4.80. The standard InChI is InChI=1S/C15H29N3O/c16-13-15(6-4-7-15)12-14(19)17-8-5-11-18-9-2-1-3-10-18/h1-13,16H2,(H,17,19). The Bertz CT molecular complexity index is 278. The number of nitrogens with one attached hydrogen (secondary N) is 1. The van der Waals surface area contributed by atoms with E-state index in [9.17, 15) is 4.79 Å². The Hall–Kier alpha value is -0.610. The van der Waals surface area contributed by atoms with Gasteiger partial charge in [0.05, 0.1) is 0 Å². The summed E-state index contributed by atoms with van der Waals surface area (Å²) in [5.41, 5.74) is 5.92. The van der Waals surface area contributed by atoms with Crippen LogP contribution in [0.4, 0.5) is 0 Å². The monoisotopic (exact) mass is 267 g/mol. The quantitative estimate of drug-likeness (QED) is 0.687. The molecule has 110 valence electrons. The maximum atomic E-state index is 11.9. The van der Waals surface area contributed by atoms with E-state index in [0.29, 0.717) is 13.0 Å². The van der Waals surface area contributed by atoms with Crippen molar-refractivity contribution in [3.8, 4) is 0 Å².